The molecular formula is C12H17N. The molecule has 0 radical (unpaired) electrons. The van der Waals surface area contributed by atoms with E-state index in [0.29, 0.717) is 5.92 Å². The molecule has 0 aliphatic rings. The van der Waals surface area contributed by atoms with Gasteiger partial charge in [-0.2, -0.15) is 0 Å². The molecule has 0 saturated heterocycles. The van der Waals surface area contributed by atoms with E-state index in [4.69, 9.17) is 5.73 Å². The van der Waals surface area contributed by atoms with Crippen LogP contribution in [0.1, 0.15) is 29.5 Å². The number of hydrogen-bond donors (Lipinski definition) is 1. The first kappa shape index (κ1) is 9.85. The summed E-state index contributed by atoms with van der Waals surface area (Å²) >= 11 is 0. The minimum atomic E-state index is 0.401. The lowest BCUT2D eigenvalue weighted by atomic mass is 9.96. The van der Waals surface area contributed by atoms with Crippen LogP contribution in [0.25, 0.3) is 0 Å². The second-order valence-electron chi connectivity index (χ2n) is 3.59. The van der Waals surface area contributed by atoms with Crippen LogP contribution in [-0.4, -0.2) is 0 Å². The lowest BCUT2D eigenvalue weighted by Crippen LogP contribution is -1.97. The third-order valence-electron chi connectivity index (χ3n) is 2.50. The smallest absolute Gasteiger partial charge is 0.0373 e. The van der Waals surface area contributed by atoms with Crippen LogP contribution in [0, 0.1) is 13.8 Å². The predicted octanol–water partition coefficient (Wildman–Crippen LogP) is 3.18. The van der Waals surface area contributed by atoms with Gasteiger partial charge in [0, 0.05) is 5.69 Å². The highest BCUT2D eigenvalue weighted by molar-refractivity contribution is 5.55. The number of aryl methyl sites for hydroxylation is 2. The van der Waals surface area contributed by atoms with Gasteiger partial charge in [-0.15, -0.1) is 6.58 Å². The van der Waals surface area contributed by atoms with Crippen LogP contribution in [0.4, 0.5) is 5.69 Å². The molecule has 0 fully saturated rings. The van der Waals surface area contributed by atoms with E-state index >= 15 is 0 Å². The number of hydrogen-bond acceptors (Lipinski definition) is 1. The van der Waals surface area contributed by atoms with Crippen molar-refractivity contribution in [3.63, 3.8) is 0 Å². The Kier molecular flexibility index (Phi) is 2.76. The number of benzene rings is 1. The molecule has 1 unspecified atom stereocenters. The molecule has 2 N–H and O–H groups in total. The molecule has 0 heterocycles. The van der Waals surface area contributed by atoms with E-state index in [9.17, 15) is 0 Å². The second kappa shape index (κ2) is 3.65. The van der Waals surface area contributed by atoms with Crippen molar-refractivity contribution in [1.82, 2.24) is 0 Å². The van der Waals surface area contributed by atoms with Gasteiger partial charge in [-0.1, -0.05) is 25.1 Å². The number of nitrogen functional groups attached to an aromatic ring is 1. The Morgan fingerprint density at radius 1 is 1.31 bits per heavy atom. The molecule has 0 amide bonds. The molecule has 0 spiro atoms. The highest BCUT2D eigenvalue weighted by Crippen LogP contribution is 2.24. The predicted molar refractivity (Wildman–Crippen MR) is 58.9 cm³/mol. The third kappa shape index (κ3) is 1.92. The SMILES string of the molecule is C=CC(C)c1cc(C)c(N)c(C)c1. The van der Waals surface area contributed by atoms with Crippen LogP contribution >= 0.6 is 0 Å². The molecular weight excluding hydrogens is 158 g/mol. The Morgan fingerprint density at radius 3 is 2.15 bits per heavy atom. The summed E-state index contributed by atoms with van der Waals surface area (Å²) in [5.74, 6) is 0.401. The number of nitrogens with two attached hydrogens (primary N) is 1. The van der Waals surface area contributed by atoms with Gasteiger partial charge in [0.05, 0.1) is 0 Å². The highest BCUT2D eigenvalue weighted by Gasteiger charge is 2.05. The molecule has 1 nitrogen and oxygen atoms in total. The summed E-state index contributed by atoms with van der Waals surface area (Å²) in [5, 5.41) is 0. The van der Waals surface area contributed by atoms with Crippen LogP contribution in [0.15, 0.2) is 24.8 Å². The molecule has 1 atom stereocenters. The molecule has 0 bridgehead atoms. The topological polar surface area (TPSA) is 26.0 Å². The summed E-state index contributed by atoms with van der Waals surface area (Å²) in [6, 6.07) is 4.27. The Labute approximate surface area is 80.3 Å². The molecule has 1 heteroatoms. The molecule has 13 heavy (non-hydrogen) atoms. The minimum Gasteiger partial charge on any atom is -0.398 e. The molecule has 1 aromatic carbocycles. The zero-order chi connectivity index (χ0) is 10.0. The van der Waals surface area contributed by atoms with E-state index in [0.717, 1.165) is 16.8 Å². The van der Waals surface area contributed by atoms with Crippen molar-refractivity contribution >= 4 is 5.69 Å². The van der Waals surface area contributed by atoms with Crippen molar-refractivity contribution in [3.8, 4) is 0 Å². The normalized spacial score (nSPS) is 12.5. The average molecular weight is 175 g/mol. The summed E-state index contributed by atoms with van der Waals surface area (Å²) in [5.41, 5.74) is 10.4. The molecule has 1 rings (SSSR count). The molecule has 70 valence electrons. The van der Waals surface area contributed by atoms with Gasteiger partial charge in [-0.05, 0) is 36.5 Å². The molecule has 0 saturated carbocycles. The first-order valence-electron chi connectivity index (χ1n) is 4.55. The third-order valence-corrected chi connectivity index (χ3v) is 2.50. The summed E-state index contributed by atoms with van der Waals surface area (Å²) in [7, 11) is 0. The summed E-state index contributed by atoms with van der Waals surface area (Å²) in [4.78, 5) is 0. The van der Waals surface area contributed by atoms with E-state index < -0.39 is 0 Å². The fraction of sp³-hybridized carbons (Fsp3) is 0.333. The van der Waals surface area contributed by atoms with Gasteiger partial charge in [0.25, 0.3) is 0 Å². The zero-order valence-electron chi connectivity index (χ0n) is 8.59. The fourth-order valence-electron chi connectivity index (χ4n) is 1.41. The molecule has 0 aliphatic heterocycles. The summed E-state index contributed by atoms with van der Waals surface area (Å²) in [6.45, 7) is 10.0. The van der Waals surface area contributed by atoms with E-state index in [2.05, 4.69) is 25.6 Å². The molecule has 0 aromatic heterocycles. The van der Waals surface area contributed by atoms with Crippen LogP contribution in [0.2, 0.25) is 0 Å². The fourth-order valence-corrected chi connectivity index (χ4v) is 1.41. The van der Waals surface area contributed by atoms with Crippen LogP contribution in [0.5, 0.6) is 0 Å². The highest BCUT2D eigenvalue weighted by atomic mass is 14.6. The van der Waals surface area contributed by atoms with Gasteiger partial charge in [-0.3, -0.25) is 0 Å². The van der Waals surface area contributed by atoms with E-state index in [1.54, 1.807) is 0 Å². The van der Waals surface area contributed by atoms with Crippen molar-refractivity contribution in [2.45, 2.75) is 26.7 Å². The number of anilines is 1. The van der Waals surface area contributed by atoms with Crippen molar-refractivity contribution < 1.29 is 0 Å². The standard InChI is InChI=1S/C12H17N/c1-5-8(2)11-6-9(3)12(13)10(4)7-11/h5-8H,1,13H2,2-4H3. The van der Waals surface area contributed by atoms with Crippen molar-refractivity contribution in [3.05, 3.63) is 41.5 Å². The van der Waals surface area contributed by atoms with Gasteiger partial charge in [0.15, 0.2) is 0 Å². The van der Waals surface area contributed by atoms with Gasteiger partial charge >= 0.3 is 0 Å². The quantitative estimate of drug-likeness (QED) is 0.542. The number of allylic oxidation sites excluding steroid dienone is 1. The summed E-state index contributed by atoms with van der Waals surface area (Å²) < 4.78 is 0. The average Bonchev–Trinajstić information content (AvgIpc) is 2.12. The maximum absolute atomic E-state index is 5.87. The zero-order valence-corrected chi connectivity index (χ0v) is 8.59. The van der Waals surface area contributed by atoms with E-state index in [-0.39, 0.29) is 0 Å². The Balaban J connectivity index is 3.20. The molecule has 1 aromatic rings. The van der Waals surface area contributed by atoms with Crippen molar-refractivity contribution in [2.75, 3.05) is 5.73 Å². The van der Waals surface area contributed by atoms with Crippen molar-refractivity contribution in [1.29, 1.82) is 0 Å². The van der Waals surface area contributed by atoms with E-state index in [1.165, 1.54) is 5.56 Å². The summed E-state index contributed by atoms with van der Waals surface area (Å²) in [6.07, 6.45) is 1.95. The van der Waals surface area contributed by atoms with Crippen LogP contribution in [0.3, 0.4) is 0 Å². The monoisotopic (exact) mass is 175 g/mol. The lowest BCUT2D eigenvalue weighted by molar-refractivity contribution is 0.965. The van der Waals surface area contributed by atoms with Gasteiger partial charge in [0.1, 0.15) is 0 Å². The Morgan fingerprint density at radius 2 is 1.77 bits per heavy atom. The second-order valence-corrected chi connectivity index (χ2v) is 3.59. The van der Waals surface area contributed by atoms with Gasteiger partial charge in [0.2, 0.25) is 0 Å². The first-order chi connectivity index (χ1) is 6.06. The number of rotatable bonds is 2. The van der Waals surface area contributed by atoms with Crippen LogP contribution in [-0.2, 0) is 0 Å². The van der Waals surface area contributed by atoms with Gasteiger partial charge < -0.3 is 5.73 Å². The maximum atomic E-state index is 5.87. The van der Waals surface area contributed by atoms with E-state index in [1.807, 2.05) is 19.9 Å². The molecule has 0 aliphatic carbocycles. The Bertz CT molecular complexity index is 303. The first-order valence-corrected chi connectivity index (χ1v) is 4.55. The largest absolute Gasteiger partial charge is 0.398 e. The lowest BCUT2D eigenvalue weighted by Gasteiger charge is -2.11. The van der Waals surface area contributed by atoms with Gasteiger partial charge in [-0.25, -0.2) is 0 Å². The maximum Gasteiger partial charge on any atom is 0.0373 e. The van der Waals surface area contributed by atoms with Crippen molar-refractivity contribution in [2.24, 2.45) is 0 Å². The van der Waals surface area contributed by atoms with Crippen LogP contribution < -0.4 is 5.73 Å². The Hall–Kier alpha value is -1.24. The minimum absolute atomic E-state index is 0.401.